The van der Waals surface area contributed by atoms with Crippen LogP contribution in [0.1, 0.15) is 47.9 Å². The summed E-state index contributed by atoms with van der Waals surface area (Å²) >= 11 is 0. The largest absolute Gasteiger partial charge is 0.478 e. The topological polar surface area (TPSA) is 81.0 Å². The Kier molecular flexibility index (Phi) is 7.96. The maximum absolute atomic E-state index is 11.4. The van der Waals surface area contributed by atoms with E-state index in [4.69, 9.17) is 0 Å². The minimum absolute atomic E-state index is 0.145. The number of carboxylic acid groups (broad SMARTS) is 1. The Labute approximate surface area is 235 Å². The lowest BCUT2D eigenvalue weighted by atomic mass is 9.90. The SMILES string of the molecule is CC(O)c1ccc(-c2ccc(N(c3ccc(C(=O)O)cc3)c3ccc(C4=CCC(C(C)O)C=C4)cc3)cc2)cc1. The Balaban J connectivity index is 1.46. The van der Waals surface area contributed by atoms with E-state index in [-0.39, 0.29) is 17.6 Å². The molecule has 0 amide bonds. The van der Waals surface area contributed by atoms with Crippen LogP contribution in [0.15, 0.2) is 115 Å². The highest BCUT2D eigenvalue weighted by Gasteiger charge is 2.17. The minimum atomic E-state index is -0.958. The summed E-state index contributed by atoms with van der Waals surface area (Å²) in [4.78, 5) is 13.5. The molecule has 0 saturated carbocycles. The summed E-state index contributed by atoms with van der Waals surface area (Å²) in [7, 11) is 0. The van der Waals surface area contributed by atoms with Crippen molar-refractivity contribution >= 4 is 28.6 Å². The van der Waals surface area contributed by atoms with Gasteiger partial charge >= 0.3 is 5.97 Å². The van der Waals surface area contributed by atoms with Gasteiger partial charge in [-0.2, -0.15) is 0 Å². The number of allylic oxidation sites excluding steroid dienone is 3. The number of hydrogen-bond acceptors (Lipinski definition) is 4. The predicted molar refractivity (Wildman–Crippen MR) is 161 cm³/mol. The number of aromatic carboxylic acids is 1. The number of carbonyl (C=O) groups is 1. The van der Waals surface area contributed by atoms with Crippen molar-refractivity contribution < 1.29 is 20.1 Å². The van der Waals surface area contributed by atoms with E-state index < -0.39 is 12.1 Å². The number of anilines is 3. The molecule has 0 aliphatic heterocycles. The molecule has 202 valence electrons. The van der Waals surface area contributed by atoms with E-state index in [9.17, 15) is 20.1 Å². The molecule has 3 atom stereocenters. The van der Waals surface area contributed by atoms with E-state index in [1.54, 1.807) is 19.1 Å². The molecule has 5 rings (SSSR count). The fourth-order valence-corrected chi connectivity index (χ4v) is 4.97. The number of benzene rings is 4. The third kappa shape index (κ3) is 5.91. The molecule has 3 N–H and O–H groups in total. The lowest BCUT2D eigenvalue weighted by Crippen LogP contribution is -2.15. The zero-order valence-electron chi connectivity index (χ0n) is 22.6. The Morgan fingerprint density at radius 2 is 1.20 bits per heavy atom. The zero-order valence-corrected chi connectivity index (χ0v) is 22.6. The molecule has 0 bridgehead atoms. The van der Waals surface area contributed by atoms with Crippen LogP contribution in [0.2, 0.25) is 0 Å². The van der Waals surface area contributed by atoms with E-state index in [1.165, 1.54) is 0 Å². The van der Waals surface area contributed by atoms with Crippen molar-refractivity contribution in [2.24, 2.45) is 5.92 Å². The molecular weight excluding hydrogens is 498 g/mol. The Bertz CT molecular complexity index is 1510. The van der Waals surface area contributed by atoms with Crippen LogP contribution in [0.3, 0.4) is 0 Å². The molecule has 5 heteroatoms. The van der Waals surface area contributed by atoms with E-state index >= 15 is 0 Å². The molecule has 0 heterocycles. The minimum Gasteiger partial charge on any atom is -0.478 e. The highest BCUT2D eigenvalue weighted by atomic mass is 16.4. The lowest BCUT2D eigenvalue weighted by Gasteiger charge is -2.26. The van der Waals surface area contributed by atoms with Gasteiger partial charge in [-0.25, -0.2) is 4.79 Å². The van der Waals surface area contributed by atoms with Crippen molar-refractivity contribution in [1.29, 1.82) is 0 Å². The van der Waals surface area contributed by atoms with Crippen LogP contribution in [0, 0.1) is 5.92 Å². The zero-order chi connectivity index (χ0) is 28.2. The molecule has 1 aliphatic rings. The summed E-state index contributed by atoms with van der Waals surface area (Å²) < 4.78 is 0. The van der Waals surface area contributed by atoms with Crippen LogP contribution in [0.4, 0.5) is 17.1 Å². The fraction of sp³-hybridized carbons (Fsp3) is 0.171. The molecule has 0 saturated heterocycles. The molecular formula is C35H33NO4. The second kappa shape index (κ2) is 11.7. The number of hydrogen-bond donors (Lipinski definition) is 3. The van der Waals surface area contributed by atoms with E-state index in [1.807, 2.05) is 43.3 Å². The van der Waals surface area contributed by atoms with Gasteiger partial charge in [0.1, 0.15) is 0 Å². The van der Waals surface area contributed by atoms with Crippen molar-refractivity contribution in [2.75, 3.05) is 4.90 Å². The summed E-state index contributed by atoms with van der Waals surface area (Å²) in [6, 6.07) is 31.3. The maximum atomic E-state index is 11.4. The van der Waals surface area contributed by atoms with Gasteiger partial charge in [-0.15, -0.1) is 0 Å². The predicted octanol–water partition coefficient (Wildman–Crippen LogP) is 7.92. The highest BCUT2D eigenvalue weighted by Crippen LogP contribution is 2.37. The first-order valence-electron chi connectivity index (χ1n) is 13.5. The van der Waals surface area contributed by atoms with E-state index in [2.05, 4.69) is 71.7 Å². The summed E-state index contributed by atoms with van der Waals surface area (Å²) in [6.07, 6.45) is 6.25. The molecule has 1 aliphatic carbocycles. The van der Waals surface area contributed by atoms with Gasteiger partial charge in [0.2, 0.25) is 0 Å². The summed E-state index contributed by atoms with van der Waals surface area (Å²) in [6.45, 7) is 3.57. The Morgan fingerprint density at radius 1 is 0.725 bits per heavy atom. The standard InChI is InChI=1S/C35H33NO4/c1-23(37)25-3-7-27(8-4-25)29-11-17-32(18-12-29)36(34-21-15-31(16-22-34)35(39)40)33-19-13-30(14-20-33)28-9-5-26(6-10-28)24(2)38/h3-5,7-24,26,37-38H,6H2,1-2H3,(H,39,40). The van der Waals surface area contributed by atoms with Gasteiger partial charge in [0.05, 0.1) is 17.8 Å². The van der Waals surface area contributed by atoms with Crippen molar-refractivity contribution in [3.63, 3.8) is 0 Å². The number of aliphatic hydroxyl groups is 2. The van der Waals surface area contributed by atoms with Crippen LogP contribution in [0.25, 0.3) is 16.7 Å². The first kappa shape index (κ1) is 27.1. The van der Waals surface area contributed by atoms with Gasteiger partial charge in [0.25, 0.3) is 0 Å². The van der Waals surface area contributed by atoms with Crippen LogP contribution in [-0.2, 0) is 0 Å². The fourth-order valence-electron chi connectivity index (χ4n) is 4.97. The lowest BCUT2D eigenvalue weighted by molar-refractivity contribution is 0.0697. The molecule has 5 nitrogen and oxygen atoms in total. The smallest absolute Gasteiger partial charge is 0.335 e. The Morgan fingerprint density at radius 3 is 1.62 bits per heavy atom. The van der Waals surface area contributed by atoms with E-state index in [0.29, 0.717) is 0 Å². The van der Waals surface area contributed by atoms with Gasteiger partial charge < -0.3 is 20.2 Å². The first-order valence-corrected chi connectivity index (χ1v) is 13.5. The van der Waals surface area contributed by atoms with Crippen molar-refractivity contribution in [3.8, 4) is 11.1 Å². The van der Waals surface area contributed by atoms with Crippen LogP contribution in [-0.4, -0.2) is 27.4 Å². The first-order chi connectivity index (χ1) is 19.3. The van der Waals surface area contributed by atoms with Crippen molar-refractivity contribution in [3.05, 3.63) is 132 Å². The molecule has 40 heavy (non-hydrogen) atoms. The molecule has 4 aromatic rings. The molecule has 0 radical (unpaired) electrons. The average molecular weight is 532 g/mol. The number of nitrogens with zero attached hydrogens (tertiary/aromatic N) is 1. The number of aliphatic hydroxyl groups excluding tert-OH is 2. The Hall–Kier alpha value is -4.45. The van der Waals surface area contributed by atoms with Crippen LogP contribution in [0.5, 0.6) is 0 Å². The molecule has 0 fully saturated rings. The van der Waals surface area contributed by atoms with Crippen LogP contribution < -0.4 is 4.90 Å². The monoisotopic (exact) mass is 531 g/mol. The second-order valence-electron chi connectivity index (χ2n) is 10.2. The second-order valence-corrected chi connectivity index (χ2v) is 10.2. The van der Waals surface area contributed by atoms with Crippen LogP contribution >= 0.6 is 0 Å². The maximum Gasteiger partial charge on any atom is 0.335 e. The third-order valence-corrected chi connectivity index (χ3v) is 7.44. The third-order valence-electron chi connectivity index (χ3n) is 7.44. The van der Waals surface area contributed by atoms with Gasteiger partial charge in [0.15, 0.2) is 0 Å². The normalized spacial score (nSPS) is 16.2. The van der Waals surface area contributed by atoms with E-state index in [0.717, 1.165) is 51.3 Å². The van der Waals surface area contributed by atoms with Gasteiger partial charge in [-0.05, 0) is 96.6 Å². The molecule has 4 aromatic carbocycles. The van der Waals surface area contributed by atoms with Crippen molar-refractivity contribution in [2.45, 2.75) is 32.5 Å². The summed E-state index contributed by atoms with van der Waals surface area (Å²) in [5.74, 6) is -0.813. The average Bonchev–Trinajstić information content (AvgIpc) is 2.98. The molecule has 0 aromatic heterocycles. The van der Waals surface area contributed by atoms with Crippen molar-refractivity contribution in [1.82, 2.24) is 0 Å². The highest BCUT2D eigenvalue weighted by molar-refractivity contribution is 5.89. The summed E-state index contributed by atoms with van der Waals surface area (Å²) in [5, 5.41) is 29.1. The summed E-state index contributed by atoms with van der Waals surface area (Å²) in [5.41, 5.74) is 8.20. The van der Waals surface area contributed by atoms with Gasteiger partial charge in [-0.1, -0.05) is 66.8 Å². The van der Waals surface area contributed by atoms with Gasteiger partial charge in [0, 0.05) is 23.0 Å². The number of carboxylic acids is 1. The quantitative estimate of drug-likeness (QED) is 0.215. The molecule has 0 spiro atoms. The van der Waals surface area contributed by atoms with Gasteiger partial charge in [-0.3, -0.25) is 0 Å². The molecule has 3 unspecified atom stereocenters. The number of rotatable bonds is 8.